The van der Waals surface area contributed by atoms with Crippen molar-refractivity contribution in [2.24, 2.45) is 56.7 Å². The van der Waals surface area contributed by atoms with Crippen molar-refractivity contribution in [3.63, 3.8) is 0 Å². The number of nitrogens with one attached hydrogen (secondary N) is 1. The molecule has 0 spiro atoms. The van der Waals surface area contributed by atoms with Crippen LogP contribution < -0.4 is 10.1 Å². The van der Waals surface area contributed by atoms with Gasteiger partial charge in [-0.2, -0.15) is 5.26 Å². The second kappa shape index (κ2) is 15.9. The van der Waals surface area contributed by atoms with Crippen molar-refractivity contribution in [1.29, 1.82) is 5.26 Å². The van der Waals surface area contributed by atoms with E-state index in [0.29, 0.717) is 86.5 Å². The molecule has 7 aliphatic carbocycles. The Balaban J connectivity index is 0.998. The molecule has 8 rings (SSSR count). The standard InChI is InChI=1S/C52H75N3O6S/c1-34(2)38-17-26-52(55-31-29-51(58)24-15-37(16-25-51)62(8,59)60)28-27-48(6)40(43(38)52)11-12-42-47(5)20-18-39(46(3,4)41(47)19-21-49(42,48)7)35-13-22-50(23-14-35,45(56)57)33-61-44-36(32-53)10-9-30-54-44/h9-10,13,18,30,37-38,40-43,55,58H,1,11-12,14-17,19-29,31,33H2,2-8H3,(H,56,57)/t37?,38?,40-,41+,42-,43-,47+,48-,49-,50-,51?,52+/m1/s1. The van der Waals surface area contributed by atoms with Gasteiger partial charge in [0.25, 0.3) is 0 Å². The Labute approximate surface area is 372 Å². The number of nitrogens with zero attached hydrogens (tertiary/aromatic N) is 2. The maximum atomic E-state index is 12.8. The molecule has 0 aliphatic heterocycles. The molecule has 7 aliphatic rings. The monoisotopic (exact) mass is 870 g/mol. The third-order valence-electron chi connectivity index (χ3n) is 20.0. The van der Waals surface area contributed by atoms with Gasteiger partial charge < -0.3 is 20.3 Å². The van der Waals surface area contributed by atoms with Crippen LogP contribution in [0, 0.1) is 68.0 Å². The van der Waals surface area contributed by atoms with E-state index in [4.69, 9.17) is 4.74 Å². The van der Waals surface area contributed by atoms with Crippen LogP contribution >= 0.6 is 0 Å². The maximum Gasteiger partial charge on any atom is 0.313 e. The van der Waals surface area contributed by atoms with E-state index in [-0.39, 0.29) is 44.9 Å². The predicted octanol–water partition coefficient (Wildman–Crippen LogP) is 10.2. The number of rotatable bonds is 11. The molecule has 5 saturated carbocycles. The lowest BCUT2D eigenvalue weighted by atomic mass is 9.33. The Bertz CT molecular complexity index is 2170. The van der Waals surface area contributed by atoms with Crippen LogP contribution in [-0.4, -0.2) is 65.4 Å². The van der Waals surface area contributed by atoms with Gasteiger partial charge in [-0.25, -0.2) is 13.4 Å². The van der Waals surface area contributed by atoms with Gasteiger partial charge in [0, 0.05) is 18.0 Å². The van der Waals surface area contributed by atoms with Gasteiger partial charge in [0.05, 0.1) is 10.9 Å². The van der Waals surface area contributed by atoms with Gasteiger partial charge in [-0.05, 0) is 197 Å². The van der Waals surface area contributed by atoms with Crippen molar-refractivity contribution in [2.75, 3.05) is 19.4 Å². The van der Waals surface area contributed by atoms with Gasteiger partial charge in [0.2, 0.25) is 5.88 Å². The minimum atomic E-state index is -3.08. The number of ether oxygens (including phenoxy) is 1. The fraction of sp³-hybridized carbons (Fsp3) is 0.750. The van der Waals surface area contributed by atoms with E-state index >= 15 is 0 Å². The molecule has 5 fully saturated rings. The molecule has 1 heterocycles. The van der Waals surface area contributed by atoms with E-state index in [1.165, 1.54) is 61.5 Å². The summed E-state index contributed by atoms with van der Waals surface area (Å²) in [6.07, 6.45) is 22.7. The zero-order valence-electron chi connectivity index (χ0n) is 38.8. The number of carbonyl (C=O) groups is 1. The molecule has 0 aromatic carbocycles. The Kier molecular flexibility index (Phi) is 11.7. The van der Waals surface area contributed by atoms with Gasteiger partial charge in [0.15, 0.2) is 0 Å². The first kappa shape index (κ1) is 45.6. The summed E-state index contributed by atoms with van der Waals surface area (Å²) in [5.41, 5.74) is 3.02. The van der Waals surface area contributed by atoms with E-state index in [1.54, 1.807) is 18.3 Å². The van der Waals surface area contributed by atoms with Gasteiger partial charge in [-0.1, -0.05) is 58.9 Å². The summed E-state index contributed by atoms with van der Waals surface area (Å²) in [5.74, 6) is 2.06. The first-order valence-corrected chi connectivity index (χ1v) is 26.0. The second-order valence-electron chi connectivity index (χ2n) is 23.1. The molecule has 10 atom stereocenters. The lowest BCUT2D eigenvalue weighted by Gasteiger charge is -2.72. The number of nitriles is 1. The lowest BCUT2D eigenvalue weighted by molar-refractivity contribution is -0.221. The summed E-state index contributed by atoms with van der Waals surface area (Å²) in [4.78, 5) is 17.0. The Morgan fingerprint density at radius 1 is 0.952 bits per heavy atom. The van der Waals surface area contributed by atoms with Crippen LogP contribution in [0.4, 0.5) is 0 Å². The van der Waals surface area contributed by atoms with Crippen molar-refractivity contribution in [2.45, 2.75) is 167 Å². The Morgan fingerprint density at radius 2 is 1.69 bits per heavy atom. The zero-order valence-corrected chi connectivity index (χ0v) is 39.6. The van der Waals surface area contributed by atoms with Gasteiger partial charge in [-0.15, -0.1) is 0 Å². The molecular formula is C52H75N3O6S. The molecule has 0 amide bonds. The number of carboxylic acids is 1. The van der Waals surface area contributed by atoms with E-state index in [2.05, 4.69) is 76.6 Å². The molecule has 9 nitrogen and oxygen atoms in total. The van der Waals surface area contributed by atoms with E-state index < -0.39 is 26.8 Å². The van der Waals surface area contributed by atoms with E-state index in [9.17, 15) is 28.7 Å². The second-order valence-corrected chi connectivity index (χ2v) is 25.4. The quantitative estimate of drug-likeness (QED) is 0.185. The van der Waals surface area contributed by atoms with Crippen LogP contribution in [0.25, 0.3) is 0 Å². The fourth-order valence-electron chi connectivity index (χ4n) is 16.3. The van der Waals surface area contributed by atoms with Crippen molar-refractivity contribution >= 4 is 15.8 Å². The van der Waals surface area contributed by atoms with Gasteiger partial charge in [-0.3, -0.25) is 4.79 Å². The number of aromatic nitrogens is 1. The number of pyridine rings is 1. The molecule has 3 N–H and O–H groups in total. The number of hydrogen-bond donors (Lipinski definition) is 3. The molecule has 0 saturated heterocycles. The number of aliphatic hydroxyl groups is 1. The third kappa shape index (κ3) is 7.25. The number of hydrogen-bond acceptors (Lipinski definition) is 8. The fourth-order valence-corrected chi connectivity index (χ4v) is 17.4. The first-order valence-electron chi connectivity index (χ1n) is 24.0. The highest BCUT2D eigenvalue weighted by atomic mass is 32.2. The Hall–Kier alpha value is -3.00. The van der Waals surface area contributed by atoms with E-state index in [1.807, 2.05) is 0 Å². The number of aliphatic carboxylic acids is 1. The minimum Gasteiger partial charge on any atom is -0.481 e. The van der Waals surface area contributed by atoms with Crippen molar-refractivity contribution in [3.05, 3.63) is 59.3 Å². The van der Waals surface area contributed by atoms with Crippen molar-refractivity contribution in [3.8, 4) is 11.9 Å². The summed E-state index contributed by atoms with van der Waals surface area (Å²) in [5, 5.41) is 35.5. The molecule has 1 aromatic rings. The zero-order chi connectivity index (χ0) is 44.7. The van der Waals surface area contributed by atoms with Crippen LogP contribution in [0.15, 0.2) is 53.8 Å². The Morgan fingerprint density at radius 3 is 2.34 bits per heavy atom. The molecule has 1 unspecified atom stereocenters. The van der Waals surface area contributed by atoms with Gasteiger partial charge >= 0.3 is 5.97 Å². The molecule has 62 heavy (non-hydrogen) atoms. The average molecular weight is 870 g/mol. The van der Waals surface area contributed by atoms with Crippen LogP contribution in [0.3, 0.4) is 0 Å². The summed E-state index contributed by atoms with van der Waals surface area (Å²) < 4.78 is 30.4. The summed E-state index contributed by atoms with van der Waals surface area (Å²) >= 11 is 0. The summed E-state index contributed by atoms with van der Waals surface area (Å²) in [6, 6.07) is 5.42. The minimum absolute atomic E-state index is 0.0230. The van der Waals surface area contributed by atoms with Crippen LogP contribution in [-0.2, 0) is 14.6 Å². The van der Waals surface area contributed by atoms with Crippen LogP contribution in [0.2, 0.25) is 0 Å². The SMILES string of the molecule is C=C(C)C1CC[C@]2(NCCC3(O)CCC(S(C)(=O)=O)CC3)CC[C@]3(C)[C@H](CC[C@@H]4[C@@]5(C)CC=C(C6=CC[C@@](COc7ncccc7C#N)(C(=O)O)CC6)C(C)(C)[C@@H]5CC[C@]43C)[C@@H]12. The normalized spacial score (nSPS) is 42.4. The van der Waals surface area contributed by atoms with Crippen LogP contribution in [0.1, 0.15) is 156 Å². The molecule has 340 valence electrons. The highest BCUT2D eigenvalue weighted by Crippen LogP contribution is 2.76. The third-order valence-corrected chi connectivity index (χ3v) is 21.7. The summed E-state index contributed by atoms with van der Waals surface area (Å²) in [7, 11) is -3.08. The molecule has 10 heteroatoms. The van der Waals surface area contributed by atoms with E-state index in [0.717, 1.165) is 25.8 Å². The van der Waals surface area contributed by atoms with Crippen molar-refractivity contribution < 1.29 is 28.2 Å². The highest BCUT2D eigenvalue weighted by Gasteiger charge is 2.70. The topological polar surface area (TPSA) is 150 Å². The first-order chi connectivity index (χ1) is 29.1. The molecular weight excluding hydrogens is 795 g/mol. The largest absolute Gasteiger partial charge is 0.481 e. The number of sulfone groups is 1. The van der Waals surface area contributed by atoms with Crippen molar-refractivity contribution in [1.82, 2.24) is 10.3 Å². The van der Waals surface area contributed by atoms with Gasteiger partial charge in [0.1, 0.15) is 33.5 Å². The maximum absolute atomic E-state index is 12.8. The number of fused-ring (bicyclic) bond motifs is 7. The predicted molar refractivity (Wildman–Crippen MR) is 244 cm³/mol. The molecule has 1 aromatic heterocycles. The highest BCUT2D eigenvalue weighted by molar-refractivity contribution is 7.91. The lowest BCUT2D eigenvalue weighted by Crippen LogP contribution is -2.68. The average Bonchev–Trinajstić information content (AvgIpc) is 3.60. The molecule has 0 radical (unpaired) electrons. The van der Waals surface area contributed by atoms with Crippen LogP contribution in [0.5, 0.6) is 5.88 Å². The number of allylic oxidation sites excluding steroid dienone is 5. The summed E-state index contributed by atoms with van der Waals surface area (Å²) in [6.45, 7) is 20.5. The number of carboxylic acid groups (broad SMARTS) is 1. The smallest absolute Gasteiger partial charge is 0.313 e. The molecule has 0 bridgehead atoms.